The Balaban J connectivity index is 1.65. The molecule has 0 spiro atoms. The average molecular weight is 468 g/mol. The molecular formula is C22H27Cl2N3O4. The van der Waals surface area contributed by atoms with Crippen LogP contribution in [0.3, 0.4) is 0 Å². The summed E-state index contributed by atoms with van der Waals surface area (Å²) >= 11 is 11.9. The molecule has 2 aliphatic heterocycles. The first-order valence-corrected chi connectivity index (χ1v) is 11.3. The zero-order valence-electron chi connectivity index (χ0n) is 17.3. The molecule has 31 heavy (non-hydrogen) atoms. The number of aliphatic hydroxyl groups excluding tert-OH is 1. The summed E-state index contributed by atoms with van der Waals surface area (Å²) in [5.74, 6) is -0.501. The highest BCUT2D eigenvalue weighted by molar-refractivity contribution is 6.42. The maximum Gasteiger partial charge on any atom is 0.246 e. The Bertz CT molecular complexity index is 855. The van der Waals surface area contributed by atoms with E-state index >= 15 is 0 Å². The van der Waals surface area contributed by atoms with Crippen LogP contribution in [-0.4, -0.2) is 82.9 Å². The number of hydrogen-bond donors (Lipinski definition) is 1. The summed E-state index contributed by atoms with van der Waals surface area (Å²) in [7, 11) is 0. The van der Waals surface area contributed by atoms with Crippen molar-refractivity contribution >= 4 is 47.0 Å². The Kier molecular flexibility index (Phi) is 8.35. The van der Waals surface area contributed by atoms with E-state index in [-0.39, 0.29) is 50.3 Å². The number of halogens is 2. The van der Waals surface area contributed by atoms with Gasteiger partial charge in [0.15, 0.2) is 0 Å². The minimum atomic E-state index is -0.683. The van der Waals surface area contributed by atoms with Gasteiger partial charge in [0.05, 0.1) is 10.0 Å². The summed E-state index contributed by atoms with van der Waals surface area (Å²) in [5.41, 5.74) is 0.745. The molecule has 2 aliphatic rings. The Morgan fingerprint density at radius 1 is 1.03 bits per heavy atom. The van der Waals surface area contributed by atoms with Gasteiger partial charge < -0.3 is 19.8 Å². The zero-order valence-corrected chi connectivity index (χ0v) is 18.8. The molecule has 1 atom stereocenters. The Labute approximate surface area is 192 Å². The fourth-order valence-electron chi connectivity index (χ4n) is 3.96. The average Bonchev–Trinajstić information content (AvgIpc) is 3.23. The van der Waals surface area contributed by atoms with Crippen LogP contribution in [0.5, 0.6) is 0 Å². The number of carbonyl (C=O) groups is 3. The van der Waals surface area contributed by atoms with E-state index in [2.05, 4.69) is 0 Å². The van der Waals surface area contributed by atoms with Gasteiger partial charge in [-0.15, -0.1) is 0 Å². The van der Waals surface area contributed by atoms with E-state index < -0.39 is 6.04 Å². The third-order valence-electron chi connectivity index (χ3n) is 5.68. The zero-order chi connectivity index (χ0) is 22.4. The third-order valence-corrected chi connectivity index (χ3v) is 6.42. The van der Waals surface area contributed by atoms with Gasteiger partial charge in [0.25, 0.3) is 0 Å². The summed E-state index contributed by atoms with van der Waals surface area (Å²) in [6.07, 6.45) is 5.35. The second-order valence-corrected chi connectivity index (χ2v) is 8.54. The van der Waals surface area contributed by atoms with Gasteiger partial charge in [-0.25, -0.2) is 0 Å². The molecule has 1 aromatic carbocycles. The molecule has 0 aliphatic carbocycles. The largest absolute Gasteiger partial charge is 0.396 e. The molecule has 7 nitrogen and oxygen atoms in total. The van der Waals surface area contributed by atoms with Gasteiger partial charge in [-0.2, -0.15) is 0 Å². The smallest absolute Gasteiger partial charge is 0.246 e. The van der Waals surface area contributed by atoms with Crippen LogP contribution in [0.4, 0.5) is 0 Å². The van der Waals surface area contributed by atoms with Crippen LogP contribution in [0.1, 0.15) is 31.2 Å². The van der Waals surface area contributed by atoms with Crippen LogP contribution in [0.15, 0.2) is 24.3 Å². The van der Waals surface area contributed by atoms with Crippen LogP contribution in [-0.2, 0) is 14.4 Å². The minimum Gasteiger partial charge on any atom is -0.396 e. The van der Waals surface area contributed by atoms with Crippen molar-refractivity contribution in [2.24, 2.45) is 0 Å². The summed E-state index contributed by atoms with van der Waals surface area (Å²) in [4.78, 5) is 43.2. The van der Waals surface area contributed by atoms with E-state index in [0.717, 1.165) is 18.4 Å². The molecule has 0 bridgehead atoms. The molecule has 0 saturated carbocycles. The van der Waals surface area contributed by atoms with Crippen molar-refractivity contribution in [3.8, 4) is 0 Å². The van der Waals surface area contributed by atoms with E-state index in [9.17, 15) is 19.5 Å². The number of likely N-dealkylation sites (tertiary alicyclic amines) is 1. The highest BCUT2D eigenvalue weighted by Crippen LogP contribution is 2.23. The molecule has 168 valence electrons. The fourth-order valence-corrected chi connectivity index (χ4v) is 4.27. The van der Waals surface area contributed by atoms with Crippen LogP contribution in [0.25, 0.3) is 6.08 Å². The number of carbonyl (C=O) groups excluding carboxylic acids is 3. The monoisotopic (exact) mass is 467 g/mol. The molecule has 1 aromatic rings. The van der Waals surface area contributed by atoms with Crippen LogP contribution in [0, 0.1) is 0 Å². The minimum absolute atomic E-state index is 0.112. The van der Waals surface area contributed by atoms with Crippen LogP contribution in [0.2, 0.25) is 10.0 Å². The van der Waals surface area contributed by atoms with Crippen molar-refractivity contribution in [1.82, 2.24) is 14.7 Å². The molecule has 3 rings (SSSR count). The lowest BCUT2D eigenvalue weighted by Gasteiger charge is -2.32. The summed E-state index contributed by atoms with van der Waals surface area (Å²) in [6, 6.07) is 4.41. The molecular weight excluding hydrogens is 441 g/mol. The molecule has 1 unspecified atom stereocenters. The van der Waals surface area contributed by atoms with Gasteiger partial charge in [-0.1, -0.05) is 29.3 Å². The maximum atomic E-state index is 12.9. The molecule has 9 heteroatoms. The second-order valence-electron chi connectivity index (χ2n) is 7.73. The standard InChI is InChI=1S/C22H27Cl2N3O4/c23-17-5-3-16(15-18(17)24)4-6-20(29)25-11-7-21(30)27(13-12-25)19(8-14-28)22(31)26-9-1-2-10-26/h3-6,15,19,28H,1-2,7-14H2. The molecule has 2 fully saturated rings. The lowest BCUT2D eigenvalue weighted by molar-refractivity contribution is -0.145. The second kappa shape index (κ2) is 11.0. The van der Waals surface area contributed by atoms with E-state index in [4.69, 9.17) is 23.2 Å². The van der Waals surface area contributed by atoms with Gasteiger partial charge >= 0.3 is 0 Å². The van der Waals surface area contributed by atoms with Gasteiger partial charge in [0.1, 0.15) is 6.04 Å². The number of hydrogen-bond acceptors (Lipinski definition) is 4. The van der Waals surface area contributed by atoms with E-state index in [1.165, 1.54) is 11.0 Å². The number of nitrogens with zero attached hydrogens (tertiary/aromatic N) is 3. The van der Waals surface area contributed by atoms with E-state index in [0.29, 0.717) is 29.7 Å². The van der Waals surface area contributed by atoms with Gasteiger partial charge in [-0.3, -0.25) is 14.4 Å². The first kappa shape index (κ1) is 23.6. The molecule has 0 aromatic heterocycles. The molecule has 1 N–H and O–H groups in total. The van der Waals surface area contributed by atoms with Crippen molar-refractivity contribution in [2.75, 3.05) is 39.3 Å². The molecule has 3 amide bonds. The van der Waals surface area contributed by atoms with Crippen molar-refractivity contribution in [3.05, 3.63) is 39.9 Å². The summed E-state index contributed by atoms with van der Waals surface area (Å²) in [6.45, 7) is 2.06. The highest BCUT2D eigenvalue weighted by Gasteiger charge is 2.35. The summed E-state index contributed by atoms with van der Waals surface area (Å²) < 4.78 is 0. The van der Waals surface area contributed by atoms with Crippen molar-refractivity contribution in [1.29, 1.82) is 0 Å². The third kappa shape index (κ3) is 5.99. The van der Waals surface area contributed by atoms with E-state index in [1.54, 1.807) is 34.1 Å². The first-order chi connectivity index (χ1) is 14.9. The lowest BCUT2D eigenvalue weighted by Crippen LogP contribution is -2.51. The van der Waals surface area contributed by atoms with Crippen molar-refractivity contribution < 1.29 is 19.5 Å². The Morgan fingerprint density at radius 2 is 1.77 bits per heavy atom. The fraction of sp³-hybridized carbons (Fsp3) is 0.500. The topological polar surface area (TPSA) is 81.2 Å². The lowest BCUT2D eigenvalue weighted by atomic mass is 10.1. The van der Waals surface area contributed by atoms with Gasteiger partial charge in [0.2, 0.25) is 17.7 Å². The molecule has 0 radical (unpaired) electrons. The van der Waals surface area contributed by atoms with Gasteiger partial charge in [0, 0.05) is 51.8 Å². The Morgan fingerprint density at radius 3 is 2.45 bits per heavy atom. The molecule has 2 heterocycles. The van der Waals surface area contributed by atoms with Crippen molar-refractivity contribution in [3.63, 3.8) is 0 Å². The molecule has 2 saturated heterocycles. The number of aliphatic hydroxyl groups is 1. The predicted molar refractivity (Wildman–Crippen MR) is 120 cm³/mol. The number of rotatable bonds is 6. The first-order valence-electron chi connectivity index (χ1n) is 10.5. The SMILES string of the molecule is O=C(C=Cc1ccc(Cl)c(Cl)c1)N1CCC(=O)N(C(CCO)C(=O)N2CCCC2)CC1. The highest BCUT2D eigenvalue weighted by atomic mass is 35.5. The number of benzene rings is 1. The van der Waals surface area contributed by atoms with Crippen LogP contribution >= 0.6 is 23.2 Å². The van der Waals surface area contributed by atoms with Crippen molar-refractivity contribution in [2.45, 2.75) is 31.7 Å². The maximum absolute atomic E-state index is 12.9. The summed E-state index contributed by atoms with van der Waals surface area (Å²) in [5, 5.41) is 10.3. The predicted octanol–water partition coefficient (Wildman–Crippen LogP) is 2.44. The van der Waals surface area contributed by atoms with Gasteiger partial charge in [-0.05, 0) is 43.0 Å². The number of amides is 3. The normalized spacial score (nSPS) is 18.5. The van der Waals surface area contributed by atoms with Crippen LogP contribution < -0.4 is 0 Å². The van der Waals surface area contributed by atoms with E-state index in [1.807, 2.05) is 0 Å². The Hall–Kier alpha value is -2.09. The quantitative estimate of drug-likeness (QED) is 0.651.